The lowest BCUT2D eigenvalue weighted by molar-refractivity contribution is -0.148. The Morgan fingerprint density at radius 1 is 1.39 bits per heavy atom. The monoisotopic (exact) mass is 313 g/mol. The molecule has 4 heteroatoms. The molecule has 3 heterocycles. The Morgan fingerprint density at radius 2 is 2.22 bits per heavy atom. The minimum atomic E-state index is -0.155. The molecule has 2 saturated heterocycles. The van der Waals surface area contributed by atoms with Gasteiger partial charge in [-0.1, -0.05) is 30.9 Å². The van der Waals surface area contributed by atoms with Gasteiger partial charge in [0.2, 0.25) is 0 Å². The molecule has 3 rings (SSSR count). The second kappa shape index (κ2) is 6.59. The molecule has 2 bridgehead atoms. The molecule has 4 unspecified atom stereocenters. The van der Waals surface area contributed by atoms with Crippen molar-refractivity contribution in [2.24, 2.45) is 11.8 Å². The Balaban J connectivity index is 1.74. The summed E-state index contributed by atoms with van der Waals surface area (Å²) in [5, 5.41) is 3.53. The molecule has 0 spiro atoms. The van der Waals surface area contributed by atoms with Crippen molar-refractivity contribution >= 4 is 11.5 Å². The van der Waals surface area contributed by atoms with E-state index in [4.69, 9.17) is 9.15 Å². The van der Waals surface area contributed by atoms with Gasteiger partial charge in [-0.2, -0.15) is 0 Å². The molecule has 0 amide bonds. The smallest absolute Gasteiger partial charge is 0.310 e. The lowest BCUT2D eigenvalue weighted by atomic mass is 9.77. The van der Waals surface area contributed by atoms with Crippen molar-refractivity contribution in [2.75, 3.05) is 7.11 Å². The van der Waals surface area contributed by atoms with E-state index in [1.54, 1.807) is 12.5 Å². The number of carbonyl (C=O) groups is 1. The Bertz CT molecular complexity index is 629. The maximum absolute atomic E-state index is 12.2. The highest BCUT2D eigenvalue weighted by Gasteiger charge is 2.46. The molecule has 4 atom stereocenters. The molecule has 2 aliphatic rings. The van der Waals surface area contributed by atoms with Crippen molar-refractivity contribution in [3.05, 3.63) is 55.0 Å². The van der Waals surface area contributed by atoms with Crippen LogP contribution in [-0.4, -0.2) is 25.2 Å². The van der Waals surface area contributed by atoms with Crippen LogP contribution in [0.1, 0.15) is 24.8 Å². The molecule has 2 aliphatic heterocycles. The number of hydrogen-bond donors (Lipinski definition) is 1. The van der Waals surface area contributed by atoms with Crippen LogP contribution in [0.3, 0.4) is 0 Å². The largest absolute Gasteiger partial charge is 0.472 e. The van der Waals surface area contributed by atoms with E-state index in [9.17, 15) is 4.79 Å². The Labute approximate surface area is 136 Å². The van der Waals surface area contributed by atoms with Gasteiger partial charge < -0.3 is 14.5 Å². The number of hydrogen-bond acceptors (Lipinski definition) is 4. The van der Waals surface area contributed by atoms with Gasteiger partial charge in [0.15, 0.2) is 0 Å². The fraction of sp³-hybridized carbons (Fsp3) is 0.421. The molecule has 122 valence electrons. The third-order valence-corrected chi connectivity index (χ3v) is 5.02. The van der Waals surface area contributed by atoms with Crippen LogP contribution >= 0.6 is 0 Å². The Morgan fingerprint density at radius 3 is 2.91 bits per heavy atom. The summed E-state index contributed by atoms with van der Waals surface area (Å²) >= 11 is 0. The number of piperidine rings is 1. The number of allylic oxidation sites excluding steroid dienone is 4. The summed E-state index contributed by atoms with van der Waals surface area (Å²) in [5.41, 5.74) is 2.78. The molecule has 0 aliphatic carbocycles. The molecule has 1 aromatic heterocycles. The topological polar surface area (TPSA) is 51.5 Å². The van der Waals surface area contributed by atoms with E-state index in [-0.39, 0.29) is 23.8 Å². The summed E-state index contributed by atoms with van der Waals surface area (Å²) in [6.45, 7) is 8.24. The quantitative estimate of drug-likeness (QED) is 0.669. The average molecular weight is 313 g/mol. The van der Waals surface area contributed by atoms with Crippen molar-refractivity contribution in [2.45, 2.75) is 31.3 Å². The zero-order valence-corrected chi connectivity index (χ0v) is 13.5. The van der Waals surface area contributed by atoms with Gasteiger partial charge in [0.1, 0.15) is 0 Å². The fourth-order valence-corrected chi connectivity index (χ4v) is 3.77. The third kappa shape index (κ3) is 3.17. The van der Waals surface area contributed by atoms with Crippen LogP contribution in [0.2, 0.25) is 0 Å². The second-order valence-corrected chi connectivity index (χ2v) is 6.38. The number of fused-ring (bicyclic) bond motifs is 2. The second-order valence-electron chi connectivity index (χ2n) is 6.38. The van der Waals surface area contributed by atoms with E-state index in [1.807, 2.05) is 18.2 Å². The van der Waals surface area contributed by atoms with Gasteiger partial charge in [-0.15, -0.1) is 0 Å². The van der Waals surface area contributed by atoms with Gasteiger partial charge in [0, 0.05) is 17.6 Å². The summed E-state index contributed by atoms with van der Waals surface area (Å²) in [6, 6.07) is 2.55. The minimum Gasteiger partial charge on any atom is -0.472 e. The van der Waals surface area contributed by atoms with Crippen LogP contribution in [-0.2, 0) is 9.53 Å². The predicted molar refractivity (Wildman–Crippen MR) is 89.6 cm³/mol. The standard InChI is InChI=1S/C19H23NO3/c1-12(14-8-9-23-11-14)4-5-13(2)16-10-15-6-7-17(20-15)18(16)19(21)22-3/h4-5,8-9,11,15-18,20H,1-2,6-7,10H2,3H3. The van der Waals surface area contributed by atoms with Gasteiger partial charge in [-0.25, -0.2) is 0 Å². The number of carbonyl (C=O) groups excluding carboxylic acids is 1. The summed E-state index contributed by atoms with van der Waals surface area (Å²) in [4.78, 5) is 12.2. The summed E-state index contributed by atoms with van der Waals surface area (Å²) in [5.74, 6) is -0.177. The third-order valence-electron chi connectivity index (χ3n) is 5.02. The first-order valence-corrected chi connectivity index (χ1v) is 8.02. The highest BCUT2D eigenvalue weighted by Crippen LogP contribution is 2.40. The van der Waals surface area contributed by atoms with Crippen molar-refractivity contribution in [1.82, 2.24) is 5.32 Å². The Kier molecular flexibility index (Phi) is 4.53. The van der Waals surface area contributed by atoms with Gasteiger partial charge in [-0.05, 0) is 36.8 Å². The Hall–Kier alpha value is -2.07. The zero-order chi connectivity index (χ0) is 16.4. The summed E-state index contributed by atoms with van der Waals surface area (Å²) in [7, 11) is 1.46. The molecule has 0 aromatic carbocycles. The molecule has 0 radical (unpaired) electrons. The number of ether oxygens (including phenoxy) is 1. The first kappa shape index (κ1) is 15.8. The number of nitrogens with one attached hydrogen (secondary N) is 1. The van der Waals surface area contributed by atoms with Crippen LogP contribution in [0.5, 0.6) is 0 Å². The van der Waals surface area contributed by atoms with E-state index in [0.29, 0.717) is 6.04 Å². The van der Waals surface area contributed by atoms with Crippen molar-refractivity contribution in [1.29, 1.82) is 0 Å². The highest BCUT2D eigenvalue weighted by molar-refractivity contribution is 5.75. The maximum Gasteiger partial charge on any atom is 0.310 e. The van der Waals surface area contributed by atoms with Gasteiger partial charge in [-0.3, -0.25) is 4.79 Å². The van der Waals surface area contributed by atoms with Crippen LogP contribution in [0.4, 0.5) is 0 Å². The van der Waals surface area contributed by atoms with Crippen molar-refractivity contribution in [3.8, 4) is 0 Å². The molecule has 2 fully saturated rings. The lowest BCUT2D eigenvalue weighted by Gasteiger charge is -2.36. The van der Waals surface area contributed by atoms with E-state index in [1.165, 1.54) is 7.11 Å². The summed E-state index contributed by atoms with van der Waals surface area (Å²) in [6.07, 6.45) is 10.3. The number of rotatable bonds is 5. The first-order chi connectivity index (χ1) is 11.1. The molecule has 4 nitrogen and oxygen atoms in total. The molecular weight excluding hydrogens is 290 g/mol. The normalized spacial score (nSPS) is 29.6. The molecule has 23 heavy (non-hydrogen) atoms. The van der Waals surface area contributed by atoms with Crippen molar-refractivity contribution < 1.29 is 13.9 Å². The van der Waals surface area contributed by atoms with Gasteiger partial charge in [0.05, 0.1) is 25.6 Å². The summed E-state index contributed by atoms with van der Waals surface area (Å²) < 4.78 is 10.1. The first-order valence-electron chi connectivity index (χ1n) is 8.02. The van der Waals surface area contributed by atoms with Crippen molar-refractivity contribution in [3.63, 3.8) is 0 Å². The maximum atomic E-state index is 12.2. The zero-order valence-electron chi connectivity index (χ0n) is 13.5. The molecule has 1 aromatic rings. The molecule has 0 saturated carbocycles. The van der Waals surface area contributed by atoms with Crippen LogP contribution in [0.25, 0.3) is 5.57 Å². The lowest BCUT2D eigenvalue weighted by Crippen LogP contribution is -2.49. The molecule has 1 N–H and O–H groups in total. The van der Waals surface area contributed by atoms with E-state index in [0.717, 1.165) is 36.0 Å². The van der Waals surface area contributed by atoms with Crippen LogP contribution in [0.15, 0.2) is 53.9 Å². The van der Waals surface area contributed by atoms with Gasteiger partial charge >= 0.3 is 5.97 Å². The van der Waals surface area contributed by atoms with E-state index in [2.05, 4.69) is 18.5 Å². The number of methoxy groups -OCH3 is 1. The van der Waals surface area contributed by atoms with E-state index >= 15 is 0 Å². The number of esters is 1. The van der Waals surface area contributed by atoms with Crippen LogP contribution in [0, 0.1) is 11.8 Å². The minimum absolute atomic E-state index is 0.120. The SMILES string of the molecule is C=C(C=CC(=C)C1CC2CCC(N2)C1C(=O)OC)c1ccoc1. The predicted octanol–water partition coefficient (Wildman–Crippen LogP) is 3.33. The molecular formula is C19H23NO3. The fourth-order valence-electron chi connectivity index (χ4n) is 3.77. The average Bonchev–Trinajstić information content (AvgIpc) is 3.21. The highest BCUT2D eigenvalue weighted by atomic mass is 16.5. The number of furan rings is 1. The van der Waals surface area contributed by atoms with Crippen LogP contribution < -0.4 is 5.32 Å². The van der Waals surface area contributed by atoms with Gasteiger partial charge in [0.25, 0.3) is 0 Å². The van der Waals surface area contributed by atoms with E-state index < -0.39 is 0 Å².